The van der Waals surface area contributed by atoms with Crippen molar-refractivity contribution in [2.75, 3.05) is 0 Å². The minimum absolute atomic E-state index is 0.409. The van der Waals surface area contributed by atoms with Crippen LogP contribution in [0.5, 0.6) is 11.5 Å². The minimum Gasteiger partial charge on any atom is -0.386 e. The van der Waals surface area contributed by atoms with Gasteiger partial charge in [0.15, 0.2) is 0 Å². The Kier molecular flexibility index (Phi) is 6.63. The molecule has 0 saturated carbocycles. The molecule has 0 spiro atoms. The van der Waals surface area contributed by atoms with E-state index >= 15 is 0 Å². The van der Waals surface area contributed by atoms with Crippen LogP contribution >= 0.6 is 7.82 Å². The first-order valence-corrected chi connectivity index (χ1v) is 14.4. The second-order valence-electron chi connectivity index (χ2n) is 7.59. The van der Waals surface area contributed by atoms with E-state index < -0.39 is 15.9 Å². The normalized spacial score (nSPS) is 12.3. The van der Waals surface area contributed by atoms with E-state index in [0.29, 0.717) is 17.3 Å². The molecule has 4 nitrogen and oxygen atoms in total. The lowest BCUT2D eigenvalue weighted by molar-refractivity contribution is 0.284. The zero-order valence-corrected chi connectivity index (χ0v) is 18.7. The predicted molar refractivity (Wildman–Crippen MR) is 121 cm³/mol. The summed E-state index contributed by atoms with van der Waals surface area (Å²) in [5, 5.41) is 0. The summed E-state index contributed by atoms with van der Waals surface area (Å²) in [4.78, 5) is 0. The monoisotopic (exact) mass is 424 g/mol. The molecule has 0 saturated heterocycles. The second kappa shape index (κ2) is 9.16. The van der Waals surface area contributed by atoms with E-state index in [1.165, 1.54) is 0 Å². The van der Waals surface area contributed by atoms with Crippen molar-refractivity contribution in [3.05, 3.63) is 102 Å². The quantitative estimate of drug-likeness (QED) is 0.218. The SMILES string of the molecule is C[Si](C)(C)/C=C(\OP(=O)(Oc1ccccc1)Oc1ccccc1)c1ccccc1. The molecule has 0 amide bonds. The minimum atomic E-state index is -4.02. The number of hydrogen-bond donors (Lipinski definition) is 0. The predicted octanol–water partition coefficient (Wildman–Crippen LogP) is 7.19. The van der Waals surface area contributed by atoms with E-state index in [4.69, 9.17) is 13.6 Å². The van der Waals surface area contributed by atoms with Crippen LogP contribution < -0.4 is 9.05 Å². The summed E-state index contributed by atoms with van der Waals surface area (Å²) in [5.74, 6) is 1.32. The third-order valence-corrected chi connectivity index (χ3v) is 6.17. The highest BCUT2D eigenvalue weighted by atomic mass is 31.2. The van der Waals surface area contributed by atoms with Crippen molar-refractivity contribution in [3.8, 4) is 11.5 Å². The number of phosphoric ester groups is 1. The molecule has 150 valence electrons. The van der Waals surface area contributed by atoms with E-state index in [-0.39, 0.29) is 0 Å². The van der Waals surface area contributed by atoms with Crippen molar-refractivity contribution >= 4 is 21.7 Å². The number of phosphoric acid groups is 1. The highest BCUT2D eigenvalue weighted by Crippen LogP contribution is 2.52. The molecule has 3 aromatic rings. The third-order valence-electron chi connectivity index (χ3n) is 3.75. The zero-order chi connectivity index (χ0) is 20.7. The first kappa shape index (κ1) is 21.0. The Morgan fingerprint density at radius 2 is 1.14 bits per heavy atom. The molecule has 29 heavy (non-hydrogen) atoms. The standard InChI is InChI=1S/C23H25O4PSi/c1-29(2,3)19-23(20-13-7-4-8-14-20)27-28(24,25-21-15-9-5-10-16-21)26-22-17-11-6-12-18-22/h4-19H,1-3H3/b23-19-. The average Bonchev–Trinajstić information content (AvgIpc) is 2.68. The van der Waals surface area contributed by atoms with Crippen molar-refractivity contribution in [1.29, 1.82) is 0 Å². The van der Waals surface area contributed by atoms with Gasteiger partial charge in [-0.3, -0.25) is 0 Å². The number of hydrogen-bond acceptors (Lipinski definition) is 4. The van der Waals surface area contributed by atoms with Gasteiger partial charge in [0.1, 0.15) is 17.3 Å². The molecule has 0 aliphatic heterocycles. The average molecular weight is 425 g/mol. The molecule has 0 radical (unpaired) electrons. The van der Waals surface area contributed by atoms with Crippen molar-refractivity contribution in [2.45, 2.75) is 19.6 Å². The summed E-state index contributed by atoms with van der Waals surface area (Å²) in [6, 6.07) is 27.4. The Hall–Kier alpha value is -2.75. The van der Waals surface area contributed by atoms with Gasteiger partial charge in [-0.2, -0.15) is 4.57 Å². The fourth-order valence-corrected chi connectivity index (χ4v) is 4.94. The van der Waals surface area contributed by atoms with Gasteiger partial charge in [0.05, 0.1) is 8.07 Å². The van der Waals surface area contributed by atoms with E-state index in [1.54, 1.807) is 48.5 Å². The molecule has 3 aromatic carbocycles. The Morgan fingerprint density at radius 1 is 0.724 bits per heavy atom. The smallest absolute Gasteiger partial charge is 0.386 e. The lowest BCUT2D eigenvalue weighted by Gasteiger charge is -2.22. The van der Waals surface area contributed by atoms with E-state index in [2.05, 4.69) is 25.3 Å². The molecule has 3 rings (SSSR count). The molecule has 0 unspecified atom stereocenters. The molecule has 0 bridgehead atoms. The summed E-state index contributed by atoms with van der Waals surface area (Å²) < 4.78 is 31.3. The van der Waals surface area contributed by atoms with Gasteiger partial charge in [-0.05, 0) is 24.3 Å². The van der Waals surface area contributed by atoms with Gasteiger partial charge < -0.3 is 13.6 Å². The molecule has 0 atom stereocenters. The van der Waals surface area contributed by atoms with Gasteiger partial charge in [-0.25, -0.2) is 0 Å². The summed E-state index contributed by atoms with van der Waals surface area (Å²) in [5.41, 5.74) is 2.88. The number of benzene rings is 3. The van der Waals surface area contributed by atoms with E-state index in [0.717, 1.165) is 5.56 Å². The largest absolute Gasteiger partial charge is 0.647 e. The zero-order valence-electron chi connectivity index (χ0n) is 16.8. The van der Waals surface area contributed by atoms with Crippen LogP contribution in [0.25, 0.3) is 5.76 Å². The molecule has 0 heterocycles. The van der Waals surface area contributed by atoms with Crippen molar-refractivity contribution in [2.24, 2.45) is 0 Å². The van der Waals surface area contributed by atoms with Crippen LogP contribution in [0.3, 0.4) is 0 Å². The molecule has 0 aliphatic carbocycles. The van der Waals surface area contributed by atoms with Crippen LogP contribution in [0.15, 0.2) is 96.7 Å². The summed E-state index contributed by atoms with van der Waals surface area (Å²) >= 11 is 0. The lowest BCUT2D eigenvalue weighted by Crippen LogP contribution is -2.17. The van der Waals surface area contributed by atoms with Gasteiger partial charge in [0.25, 0.3) is 0 Å². The fourth-order valence-electron chi connectivity index (χ4n) is 2.56. The molecular weight excluding hydrogens is 399 g/mol. The van der Waals surface area contributed by atoms with Crippen LogP contribution in [-0.2, 0) is 9.09 Å². The maximum absolute atomic E-state index is 13.7. The van der Waals surface area contributed by atoms with Gasteiger partial charge in [-0.1, -0.05) is 92.1 Å². The van der Waals surface area contributed by atoms with Crippen LogP contribution in [0.4, 0.5) is 0 Å². The Labute approximate surface area is 173 Å². The number of rotatable bonds is 8. The summed E-state index contributed by atoms with van der Waals surface area (Å²) in [6.07, 6.45) is 0. The highest BCUT2D eigenvalue weighted by Gasteiger charge is 2.35. The molecular formula is C23H25O4PSi. The van der Waals surface area contributed by atoms with Crippen LogP contribution in [-0.4, -0.2) is 8.07 Å². The molecule has 0 N–H and O–H groups in total. The number of para-hydroxylation sites is 2. The maximum Gasteiger partial charge on any atom is 0.647 e. The van der Waals surface area contributed by atoms with Gasteiger partial charge >= 0.3 is 7.82 Å². The van der Waals surface area contributed by atoms with Crippen LogP contribution in [0, 0.1) is 0 Å². The maximum atomic E-state index is 13.7. The molecule has 6 heteroatoms. The van der Waals surface area contributed by atoms with Crippen molar-refractivity contribution in [1.82, 2.24) is 0 Å². The van der Waals surface area contributed by atoms with Crippen molar-refractivity contribution in [3.63, 3.8) is 0 Å². The highest BCUT2D eigenvalue weighted by molar-refractivity contribution is 7.49. The Balaban J connectivity index is 1.99. The topological polar surface area (TPSA) is 44.8 Å². The summed E-state index contributed by atoms with van der Waals surface area (Å²) in [7, 11) is -5.72. The van der Waals surface area contributed by atoms with Crippen LogP contribution in [0.1, 0.15) is 5.56 Å². The molecule has 0 aromatic heterocycles. The third kappa shape index (κ3) is 6.66. The lowest BCUT2D eigenvalue weighted by atomic mass is 10.2. The first-order chi connectivity index (χ1) is 13.8. The van der Waals surface area contributed by atoms with Crippen molar-refractivity contribution < 1.29 is 18.1 Å². The van der Waals surface area contributed by atoms with Gasteiger partial charge in [0.2, 0.25) is 0 Å². The second-order valence-corrected chi connectivity index (χ2v) is 14.1. The Bertz CT molecular complexity index is 938. The van der Waals surface area contributed by atoms with E-state index in [1.807, 2.05) is 42.5 Å². The first-order valence-electron chi connectivity index (χ1n) is 9.40. The van der Waals surface area contributed by atoms with Crippen LogP contribution in [0.2, 0.25) is 19.6 Å². The summed E-state index contributed by atoms with van der Waals surface area (Å²) in [6.45, 7) is 6.54. The molecule has 0 fully saturated rings. The Morgan fingerprint density at radius 3 is 1.55 bits per heavy atom. The fraction of sp³-hybridized carbons (Fsp3) is 0.130. The van der Waals surface area contributed by atoms with Gasteiger partial charge in [-0.15, -0.1) is 0 Å². The molecule has 0 aliphatic rings. The van der Waals surface area contributed by atoms with Gasteiger partial charge in [0, 0.05) is 5.56 Å². The van der Waals surface area contributed by atoms with E-state index in [9.17, 15) is 4.57 Å².